The van der Waals surface area contributed by atoms with E-state index < -0.39 is 0 Å². The van der Waals surface area contributed by atoms with Gasteiger partial charge in [-0.2, -0.15) is 0 Å². The van der Waals surface area contributed by atoms with E-state index in [0.717, 1.165) is 59.9 Å². The molecule has 0 aliphatic rings. The van der Waals surface area contributed by atoms with E-state index in [1.807, 2.05) is 71.6 Å². The van der Waals surface area contributed by atoms with E-state index in [0.29, 0.717) is 13.2 Å². The summed E-state index contributed by atoms with van der Waals surface area (Å²) in [7, 11) is 0. The van der Waals surface area contributed by atoms with E-state index in [9.17, 15) is 0 Å². The first-order valence-corrected chi connectivity index (χ1v) is 12.4. The molecule has 0 N–H and O–H groups in total. The summed E-state index contributed by atoms with van der Waals surface area (Å²) in [5.41, 5.74) is 5.10. The van der Waals surface area contributed by atoms with Gasteiger partial charge in [0, 0.05) is 10.9 Å². The van der Waals surface area contributed by atoms with Crippen LogP contribution in [0.3, 0.4) is 0 Å². The van der Waals surface area contributed by atoms with E-state index in [-0.39, 0.29) is 0 Å². The van der Waals surface area contributed by atoms with E-state index in [1.54, 1.807) is 11.3 Å². The predicted octanol–water partition coefficient (Wildman–Crippen LogP) is 7.79. The third-order valence-corrected chi connectivity index (χ3v) is 5.74. The van der Waals surface area contributed by atoms with Crippen LogP contribution in [0.1, 0.15) is 31.7 Å². The Kier molecular flexibility index (Phi) is 8.36. The van der Waals surface area contributed by atoms with Crippen molar-refractivity contribution in [3.8, 4) is 34.3 Å². The first-order chi connectivity index (χ1) is 16.3. The summed E-state index contributed by atoms with van der Waals surface area (Å²) in [6.45, 7) is 3.50. The third-order valence-electron chi connectivity index (χ3n) is 5.16. The molecule has 0 unspecified atom stereocenters. The molecule has 1 aromatic heterocycles. The van der Waals surface area contributed by atoms with Crippen molar-refractivity contribution in [2.24, 2.45) is 0 Å². The molecule has 0 amide bonds. The molecule has 4 aromatic rings. The van der Waals surface area contributed by atoms with Crippen LogP contribution in [-0.4, -0.2) is 18.2 Å². The van der Waals surface area contributed by atoms with E-state index >= 15 is 0 Å². The van der Waals surface area contributed by atoms with Crippen LogP contribution in [0.4, 0.5) is 0 Å². The lowest BCUT2D eigenvalue weighted by molar-refractivity contribution is 0.265. The molecule has 4 rings (SSSR count). The second-order valence-electron chi connectivity index (χ2n) is 7.74. The molecule has 0 saturated heterocycles. The molecule has 170 valence electrons. The summed E-state index contributed by atoms with van der Waals surface area (Å²) in [6, 6.07) is 24.0. The number of benzene rings is 3. The highest BCUT2D eigenvalue weighted by molar-refractivity contribution is 7.07. The molecule has 0 radical (unpaired) electrons. The van der Waals surface area contributed by atoms with E-state index in [2.05, 4.69) is 24.0 Å². The number of ether oxygens (including phenoxy) is 3. The highest BCUT2D eigenvalue weighted by Gasteiger charge is 2.07. The van der Waals surface area contributed by atoms with Gasteiger partial charge in [-0.05, 0) is 67.3 Å². The molecule has 0 spiro atoms. The number of para-hydroxylation sites is 1. The van der Waals surface area contributed by atoms with Gasteiger partial charge in [0.2, 0.25) is 0 Å². The Hall–Kier alpha value is -3.31. The summed E-state index contributed by atoms with van der Waals surface area (Å²) in [5, 5.41) is 2.05. The molecule has 5 heteroatoms. The fourth-order valence-corrected chi connectivity index (χ4v) is 4.09. The van der Waals surface area contributed by atoms with Crippen LogP contribution < -0.4 is 14.2 Å². The van der Waals surface area contributed by atoms with Crippen LogP contribution in [0.2, 0.25) is 0 Å². The fourth-order valence-electron chi connectivity index (χ4n) is 3.53. The van der Waals surface area contributed by atoms with Crippen molar-refractivity contribution in [2.75, 3.05) is 13.2 Å². The third kappa shape index (κ3) is 6.83. The molecule has 0 bridgehead atoms. The van der Waals surface area contributed by atoms with Gasteiger partial charge in [0.15, 0.2) is 0 Å². The maximum Gasteiger partial charge on any atom is 0.127 e. The topological polar surface area (TPSA) is 40.6 Å². The molecule has 0 fully saturated rings. The number of hydrogen-bond donors (Lipinski definition) is 0. The average molecular weight is 460 g/mol. The zero-order chi connectivity index (χ0) is 22.7. The summed E-state index contributed by atoms with van der Waals surface area (Å²) < 4.78 is 18.0. The molecule has 0 saturated carbocycles. The minimum absolute atomic E-state index is 0.662. The maximum atomic E-state index is 6.10. The Labute approximate surface area is 199 Å². The first kappa shape index (κ1) is 22.9. The molecule has 33 heavy (non-hydrogen) atoms. The van der Waals surface area contributed by atoms with Gasteiger partial charge in [0.1, 0.15) is 23.0 Å². The largest absolute Gasteiger partial charge is 0.494 e. The van der Waals surface area contributed by atoms with Gasteiger partial charge in [0.05, 0.1) is 24.4 Å². The van der Waals surface area contributed by atoms with Gasteiger partial charge < -0.3 is 14.2 Å². The van der Waals surface area contributed by atoms with Crippen molar-refractivity contribution in [3.63, 3.8) is 0 Å². The zero-order valence-corrected chi connectivity index (χ0v) is 19.7. The molecular weight excluding hydrogens is 430 g/mol. The zero-order valence-electron chi connectivity index (χ0n) is 18.9. The summed E-state index contributed by atoms with van der Waals surface area (Å²) in [4.78, 5) is 4.36. The van der Waals surface area contributed by atoms with Gasteiger partial charge in [-0.1, -0.05) is 43.7 Å². The lowest BCUT2D eigenvalue weighted by Gasteiger charge is -2.14. The van der Waals surface area contributed by atoms with Crippen molar-refractivity contribution in [2.45, 2.75) is 32.6 Å². The monoisotopic (exact) mass is 459 g/mol. The smallest absolute Gasteiger partial charge is 0.127 e. The minimum atomic E-state index is 0.662. The number of unbranched alkanes of at least 4 members (excludes halogenated alkanes) is 1. The van der Waals surface area contributed by atoms with Crippen LogP contribution >= 0.6 is 11.3 Å². The van der Waals surface area contributed by atoms with E-state index in [4.69, 9.17) is 14.2 Å². The molecule has 1 heterocycles. The number of hydrogen-bond acceptors (Lipinski definition) is 5. The Morgan fingerprint density at radius 3 is 2.39 bits per heavy atom. The summed E-state index contributed by atoms with van der Waals surface area (Å²) in [5.74, 6) is 3.49. The van der Waals surface area contributed by atoms with Crippen LogP contribution in [0, 0.1) is 0 Å². The molecule has 4 nitrogen and oxygen atoms in total. The number of thiazole rings is 1. The quantitative estimate of drug-likeness (QED) is 0.203. The summed E-state index contributed by atoms with van der Waals surface area (Å²) >= 11 is 1.60. The fraction of sp³-hybridized carbons (Fsp3) is 0.250. The second kappa shape index (κ2) is 12.1. The standard InChI is InChI=1S/C28H29NO3S/c1-2-9-23-19-26(32-24-11-4-3-5-12-24)14-15-28(23)31-17-7-6-16-30-25-13-8-10-22(18-25)27-20-33-21-29-27/h3-5,8,10-15,18-21H,2,6-7,9,16-17H2,1H3. The lowest BCUT2D eigenvalue weighted by Crippen LogP contribution is -2.04. The number of aromatic nitrogens is 1. The van der Waals surface area contributed by atoms with Crippen LogP contribution in [-0.2, 0) is 6.42 Å². The number of nitrogens with zero attached hydrogens (tertiary/aromatic N) is 1. The maximum absolute atomic E-state index is 6.10. The Balaban J connectivity index is 1.23. The molecule has 3 aromatic carbocycles. The van der Waals surface area contributed by atoms with Crippen molar-refractivity contribution in [1.29, 1.82) is 0 Å². The average Bonchev–Trinajstić information content (AvgIpc) is 3.39. The second-order valence-corrected chi connectivity index (χ2v) is 8.46. The lowest BCUT2D eigenvalue weighted by atomic mass is 10.1. The Morgan fingerprint density at radius 1 is 0.788 bits per heavy atom. The van der Waals surface area contributed by atoms with Gasteiger partial charge >= 0.3 is 0 Å². The first-order valence-electron chi connectivity index (χ1n) is 11.4. The van der Waals surface area contributed by atoms with Gasteiger partial charge in [-0.25, -0.2) is 4.98 Å². The SMILES string of the molecule is CCCc1cc(Oc2ccccc2)ccc1OCCCCOc1cccc(-c2cscn2)c1. The highest BCUT2D eigenvalue weighted by atomic mass is 32.1. The summed E-state index contributed by atoms with van der Waals surface area (Å²) in [6.07, 6.45) is 3.87. The van der Waals surface area contributed by atoms with E-state index in [1.165, 1.54) is 5.56 Å². The normalized spacial score (nSPS) is 10.7. The van der Waals surface area contributed by atoms with Crippen molar-refractivity contribution < 1.29 is 14.2 Å². The van der Waals surface area contributed by atoms with Gasteiger partial charge in [-0.3, -0.25) is 0 Å². The van der Waals surface area contributed by atoms with Gasteiger partial charge in [0.25, 0.3) is 0 Å². The molecule has 0 aliphatic carbocycles. The van der Waals surface area contributed by atoms with Crippen LogP contribution in [0.25, 0.3) is 11.3 Å². The van der Waals surface area contributed by atoms with Crippen molar-refractivity contribution in [3.05, 3.63) is 89.3 Å². The van der Waals surface area contributed by atoms with Crippen LogP contribution in [0.15, 0.2) is 83.7 Å². The predicted molar refractivity (Wildman–Crippen MR) is 135 cm³/mol. The number of rotatable bonds is 12. The van der Waals surface area contributed by atoms with Crippen LogP contribution in [0.5, 0.6) is 23.0 Å². The van der Waals surface area contributed by atoms with Gasteiger partial charge in [-0.15, -0.1) is 11.3 Å². The Bertz CT molecular complexity index is 1110. The minimum Gasteiger partial charge on any atom is -0.494 e. The van der Waals surface area contributed by atoms with Crippen molar-refractivity contribution in [1.82, 2.24) is 4.98 Å². The highest BCUT2D eigenvalue weighted by Crippen LogP contribution is 2.29. The Morgan fingerprint density at radius 2 is 1.61 bits per heavy atom. The molecule has 0 aliphatic heterocycles. The number of aryl methyl sites for hydroxylation is 1. The molecular formula is C28H29NO3S. The van der Waals surface area contributed by atoms with Crippen molar-refractivity contribution >= 4 is 11.3 Å². The molecule has 0 atom stereocenters.